The Hall–Kier alpha value is -2.82. The van der Waals surface area contributed by atoms with Gasteiger partial charge >= 0.3 is 6.03 Å². The highest BCUT2D eigenvalue weighted by atomic mass is 16.2. The number of fused-ring (bicyclic) bond motifs is 1. The highest BCUT2D eigenvalue weighted by Crippen LogP contribution is 2.25. The van der Waals surface area contributed by atoms with E-state index in [-0.39, 0.29) is 11.9 Å². The Balaban J connectivity index is 1.60. The maximum atomic E-state index is 12.1. The van der Waals surface area contributed by atoms with Crippen molar-refractivity contribution in [2.24, 2.45) is 0 Å². The van der Waals surface area contributed by atoms with Crippen molar-refractivity contribution < 1.29 is 9.59 Å². The zero-order valence-corrected chi connectivity index (χ0v) is 13.7. The summed E-state index contributed by atoms with van der Waals surface area (Å²) < 4.78 is 0. The summed E-state index contributed by atoms with van der Waals surface area (Å²) in [7, 11) is 0. The van der Waals surface area contributed by atoms with Crippen LogP contribution in [-0.2, 0) is 17.8 Å². The number of benzene rings is 2. The van der Waals surface area contributed by atoms with Crippen LogP contribution in [0.4, 0.5) is 16.2 Å². The van der Waals surface area contributed by atoms with Crippen LogP contribution in [0.3, 0.4) is 0 Å². The molecule has 0 saturated heterocycles. The topological polar surface area (TPSA) is 70.2 Å². The van der Waals surface area contributed by atoms with E-state index in [1.165, 1.54) is 5.56 Å². The number of rotatable bonds is 3. The minimum Gasteiger partial charge on any atom is -0.334 e. The van der Waals surface area contributed by atoms with Crippen LogP contribution in [0.5, 0.6) is 0 Å². The van der Waals surface area contributed by atoms with Gasteiger partial charge in [0.15, 0.2) is 0 Å². The van der Waals surface area contributed by atoms with Crippen molar-refractivity contribution >= 4 is 23.3 Å². The minimum atomic E-state index is -0.242. The molecule has 3 rings (SSSR count). The van der Waals surface area contributed by atoms with E-state index in [0.29, 0.717) is 13.0 Å². The van der Waals surface area contributed by atoms with Crippen molar-refractivity contribution in [3.05, 3.63) is 59.2 Å². The van der Waals surface area contributed by atoms with Gasteiger partial charge in [0.25, 0.3) is 0 Å². The number of carbonyl (C=O) groups excluding carboxylic acids is 2. The number of nitrogens with one attached hydrogen (secondary N) is 3. The average molecular weight is 323 g/mol. The lowest BCUT2D eigenvalue weighted by atomic mass is 10.1. The lowest BCUT2D eigenvalue weighted by molar-refractivity contribution is -0.116. The highest BCUT2D eigenvalue weighted by Gasteiger charge is 2.13. The van der Waals surface area contributed by atoms with Crippen molar-refractivity contribution in [1.29, 1.82) is 0 Å². The summed E-state index contributed by atoms with van der Waals surface area (Å²) >= 11 is 0. The van der Waals surface area contributed by atoms with Gasteiger partial charge in [-0.15, -0.1) is 0 Å². The van der Waals surface area contributed by atoms with E-state index < -0.39 is 0 Å². The molecule has 5 nitrogen and oxygen atoms in total. The van der Waals surface area contributed by atoms with Crippen molar-refractivity contribution in [1.82, 2.24) is 5.32 Å². The SMILES string of the molecule is Cc1cccc(CNC(=O)Nc2ccc3c(c2)CCCC(=O)N3)c1. The van der Waals surface area contributed by atoms with Crippen molar-refractivity contribution in [2.45, 2.75) is 32.7 Å². The van der Waals surface area contributed by atoms with Gasteiger partial charge in [-0.25, -0.2) is 4.79 Å². The molecule has 3 N–H and O–H groups in total. The van der Waals surface area contributed by atoms with E-state index in [4.69, 9.17) is 0 Å². The number of anilines is 2. The number of hydrogen-bond acceptors (Lipinski definition) is 2. The normalized spacial score (nSPS) is 13.5. The van der Waals surface area contributed by atoms with Crippen LogP contribution < -0.4 is 16.0 Å². The molecule has 0 bridgehead atoms. The first-order chi connectivity index (χ1) is 11.6. The lowest BCUT2D eigenvalue weighted by Crippen LogP contribution is -2.28. The van der Waals surface area contributed by atoms with Crippen LogP contribution in [0.15, 0.2) is 42.5 Å². The standard InChI is InChI=1S/C19H21N3O2/c1-13-4-2-5-14(10-13)12-20-19(24)21-16-8-9-17-15(11-16)6-3-7-18(23)22-17/h2,4-5,8-11H,3,6-7,12H2,1H3,(H,22,23)(H2,20,21,24). The van der Waals surface area contributed by atoms with Gasteiger partial charge < -0.3 is 16.0 Å². The summed E-state index contributed by atoms with van der Waals surface area (Å²) in [6, 6.07) is 13.4. The predicted molar refractivity (Wildman–Crippen MR) is 95.0 cm³/mol. The van der Waals surface area contributed by atoms with Crippen LogP contribution >= 0.6 is 0 Å². The summed E-state index contributed by atoms with van der Waals surface area (Å²) in [4.78, 5) is 23.6. The summed E-state index contributed by atoms with van der Waals surface area (Å²) in [6.45, 7) is 2.51. The second kappa shape index (κ2) is 7.17. The smallest absolute Gasteiger partial charge is 0.319 e. The van der Waals surface area contributed by atoms with Gasteiger partial charge in [-0.3, -0.25) is 4.79 Å². The van der Waals surface area contributed by atoms with Crippen LogP contribution in [0.2, 0.25) is 0 Å². The molecule has 5 heteroatoms. The Kier molecular flexibility index (Phi) is 4.79. The second-order valence-corrected chi connectivity index (χ2v) is 6.07. The highest BCUT2D eigenvalue weighted by molar-refractivity contribution is 5.94. The average Bonchev–Trinajstić information content (AvgIpc) is 2.73. The van der Waals surface area contributed by atoms with Crippen LogP contribution in [-0.4, -0.2) is 11.9 Å². The van der Waals surface area contributed by atoms with Gasteiger partial charge in [-0.2, -0.15) is 0 Å². The predicted octanol–water partition coefficient (Wildman–Crippen LogP) is 3.59. The molecule has 0 unspecified atom stereocenters. The maximum Gasteiger partial charge on any atom is 0.319 e. The van der Waals surface area contributed by atoms with E-state index in [2.05, 4.69) is 16.0 Å². The molecule has 1 aliphatic heterocycles. The Morgan fingerprint density at radius 3 is 2.88 bits per heavy atom. The molecule has 0 spiro atoms. The monoisotopic (exact) mass is 323 g/mol. The Morgan fingerprint density at radius 1 is 1.17 bits per heavy atom. The van der Waals surface area contributed by atoms with E-state index in [1.54, 1.807) is 6.07 Å². The summed E-state index contributed by atoms with van der Waals surface area (Å²) in [5, 5.41) is 8.59. The maximum absolute atomic E-state index is 12.1. The number of carbonyl (C=O) groups is 2. The molecule has 1 aliphatic rings. The number of hydrogen-bond donors (Lipinski definition) is 3. The first-order valence-electron chi connectivity index (χ1n) is 8.13. The molecule has 1 heterocycles. The van der Waals surface area contributed by atoms with Crippen molar-refractivity contribution in [3.63, 3.8) is 0 Å². The van der Waals surface area contributed by atoms with Gasteiger partial charge in [0, 0.05) is 24.3 Å². The largest absolute Gasteiger partial charge is 0.334 e. The van der Waals surface area contributed by atoms with E-state index in [0.717, 1.165) is 35.3 Å². The molecule has 24 heavy (non-hydrogen) atoms. The molecular formula is C19H21N3O2. The molecular weight excluding hydrogens is 302 g/mol. The molecule has 2 aromatic rings. The fourth-order valence-corrected chi connectivity index (χ4v) is 2.83. The van der Waals surface area contributed by atoms with Crippen LogP contribution in [0, 0.1) is 6.92 Å². The third-order valence-electron chi connectivity index (χ3n) is 4.02. The molecule has 0 fully saturated rings. The van der Waals surface area contributed by atoms with Gasteiger partial charge in [0.05, 0.1) is 0 Å². The molecule has 0 saturated carbocycles. The third-order valence-corrected chi connectivity index (χ3v) is 4.02. The first kappa shape index (κ1) is 16.1. The summed E-state index contributed by atoms with van der Waals surface area (Å²) in [5.74, 6) is 0.0466. The van der Waals surface area contributed by atoms with E-state index in [1.807, 2.05) is 43.3 Å². The molecule has 3 amide bonds. The zero-order valence-electron chi connectivity index (χ0n) is 13.7. The Labute approximate surface area is 141 Å². The zero-order chi connectivity index (χ0) is 16.9. The molecule has 0 radical (unpaired) electrons. The first-order valence-corrected chi connectivity index (χ1v) is 8.13. The number of amides is 3. The van der Waals surface area contributed by atoms with Crippen molar-refractivity contribution in [3.8, 4) is 0 Å². The van der Waals surface area contributed by atoms with Gasteiger partial charge in [0.2, 0.25) is 5.91 Å². The summed E-state index contributed by atoms with van der Waals surface area (Å²) in [6.07, 6.45) is 2.19. The van der Waals surface area contributed by atoms with Gasteiger partial charge in [0.1, 0.15) is 0 Å². The lowest BCUT2D eigenvalue weighted by Gasteiger charge is -2.11. The van der Waals surface area contributed by atoms with Gasteiger partial charge in [-0.1, -0.05) is 29.8 Å². The summed E-state index contributed by atoms with van der Waals surface area (Å²) in [5.41, 5.74) is 4.85. The molecule has 0 aliphatic carbocycles. The second-order valence-electron chi connectivity index (χ2n) is 6.07. The molecule has 0 atom stereocenters. The molecule has 2 aromatic carbocycles. The minimum absolute atomic E-state index is 0.0466. The Bertz CT molecular complexity index is 771. The number of urea groups is 1. The Morgan fingerprint density at radius 2 is 2.04 bits per heavy atom. The van der Waals surface area contributed by atoms with Gasteiger partial charge in [-0.05, 0) is 49.1 Å². The van der Waals surface area contributed by atoms with E-state index in [9.17, 15) is 9.59 Å². The fraction of sp³-hybridized carbons (Fsp3) is 0.263. The van der Waals surface area contributed by atoms with Crippen LogP contribution in [0.1, 0.15) is 29.5 Å². The number of aryl methyl sites for hydroxylation is 2. The van der Waals surface area contributed by atoms with Crippen LogP contribution in [0.25, 0.3) is 0 Å². The quantitative estimate of drug-likeness (QED) is 0.808. The fourth-order valence-electron chi connectivity index (χ4n) is 2.83. The molecule has 124 valence electrons. The molecule has 0 aromatic heterocycles. The third kappa shape index (κ3) is 4.13. The van der Waals surface area contributed by atoms with Crippen molar-refractivity contribution in [2.75, 3.05) is 10.6 Å². The van der Waals surface area contributed by atoms with E-state index >= 15 is 0 Å².